The highest BCUT2D eigenvalue weighted by atomic mass is 14.8. The van der Waals surface area contributed by atoms with Gasteiger partial charge in [-0.2, -0.15) is 0 Å². The third-order valence-electron chi connectivity index (χ3n) is 2.32. The van der Waals surface area contributed by atoms with Crippen molar-refractivity contribution in [2.45, 2.75) is 0 Å². The Morgan fingerprint density at radius 1 is 1.13 bits per heavy atom. The number of hydrogen-bond donors (Lipinski definition) is 0. The van der Waals surface area contributed by atoms with E-state index < -0.39 is 0 Å². The summed E-state index contributed by atoms with van der Waals surface area (Å²) in [6.45, 7) is 0. The first kappa shape index (κ1) is 8.09. The Balaban J connectivity index is 2.45. The van der Waals surface area contributed by atoms with Crippen LogP contribution in [0.1, 0.15) is 5.56 Å². The molecule has 1 aromatic carbocycles. The lowest BCUT2D eigenvalue weighted by atomic mass is 10.1. The molecule has 0 unspecified atom stereocenters. The molecule has 0 aliphatic carbocycles. The maximum atomic E-state index is 4.33. The quantitative estimate of drug-likeness (QED) is 0.633. The molecule has 2 aromatic rings. The Morgan fingerprint density at radius 2 is 2.07 bits per heavy atom. The standard InChI is InChI=1S/C12H7N3/c1-2-4-11-9(3-1)10-7-13-5-6-14-12(10)8-15-11/h1-5,7-8H. The topological polar surface area (TPSA) is 37.6 Å². The smallest absolute Gasteiger partial charge is 0.101 e. The van der Waals surface area contributed by atoms with Crippen molar-refractivity contribution >= 4 is 28.7 Å². The molecule has 15 heavy (non-hydrogen) atoms. The van der Waals surface area contributed by atoms with Crippen LogP contribution in [0, 0.1) is 0 Å². The summed E-state index contributed by atoms with van der Waals surface area (Å²) in [6, 6.07) is 7.96. The van der Waals surface area contributed by atoms with Crippen molar-refractivity contribution in [1.82, 2.24) is 4.98 Å². The van der Waals surface area contributed by atoms with Gasteiger partial charge >= 0.3 is 0 Å². The molecule has 0 atom stereocenters. The largest absolute Gasteiger partial charge is 0.254 e. The molecule has 3 nitrogen and oxygen atoms in total. The predicted molar refractivity (Wildman–Crippen MR) is 61.0 cm³/mol. The molecular weight excluding hydrogens is 186 g/mol. The molecule has 70 valence electrons. The number of hydrogen-bond acceptors (Lipinski definition) is 3. The van der Waals surface area contributed by atoms with Crippen LogP contribution < -0.4 is 0 Å². The Kier molecular flexibility index (Phi) is 1.70. The minimum Gasteiger partial charge on any atom is -0.254 e. The normalized spacial score (nSPS) is 12.8. The molecule has 2 heterocycles. The van der Waals surface area contributed by atoms with Gasteiger partial charge in [-0.25, -0.2) is 4.99 Å². The molecule has 0 saturated carbocycles. The summed E-state index contributed by atoms with van der Waals surface area (Å²) in [5.41, 5.74) is 2.77. The van der Waals surface area contributed by atoms with Gasteiger partial charge in [0.05, 0.1) is 17.9 Å². The van der Waals surface area contributed by atoms with Crippen LogP contribution in [0.2, 0.25) is 0 Å². The monoisotopic (exact) mass is 193 g/mol. The molecule has 0 radical (unpaired) electrons. The molecule has 0 N–H and O–H groups in total. The highest BCUT2D eigenvalue weighted by Crippen LogP contribution is 2.25. The number of para-hydroxylation sites is 1. The average Bonchev–Trinajstić information content (AvgIpc) is 2.54. The first-order valence-corrected chi connectivity index (χ1v) is 4.64. The van der Waals surface area contributed by atoms with Crippen molar-refractivity contribution < 1.29 is 0 Å². The van der Waals surface area contributed by atoms with E-state index in [1.807, 2.05) is 24.3 Å². The molecule has 0 spiro atoms. The van der Waals surface area contributed by atoms with E-state index in [1.54, 1.807) is 18.6 Å². The van der Waals surface area contributed by atoms with Crippen LogP contribution in [0.5, 0.6) is 0 Å². The number of pyridine rings is 1. The van der Waals surface area contributed by atoms with Crippen molar-refractivity contribution in [2.75, 3.05) is 0 Å². The molecule has 0 fully saturated rings. The number of rotatable bonds is 0. The molecule has 1 aliphatic rings. The number of benzene rings is 1. The van der Waals surface area contributed by atoms with Crippen LogP contribution in [0.3, 0.4) is 0 Å². The first-order valence-electron chi connectivity index (χ1n) is 4.64. The van der Waals surface area contributed by atoms with E-state index in [-0.39, 0.29) is 0 Å². The first-order chi connectivity index (χ1) is 7.45. The van der Waals surface area contributed by atoms with E-state index in [1.165, 1.54) is 0 Å². The molecule has 1 aliphatic heterocycles. The molecular formula is C12H7N3. The van der Waals surface area contributed by atoms with E-state index in [2.05, 4.69) is 20.8 Å². The van der Waals surface area contributed by atoms with Crippen molar-refractivity contribution in [3.05, 3.63) is 42.2 Å². The lowest BCUT2D eigenvalue weighted by Gasteiger charge is -2.02. The van der Waals surface area contributed by atoms with Gasteiger partial charge in [-0.3, -0.25) is 9.98 Å². The molecule has 0 bridgehead atoms. The highest BCUT2D eigenvalue weighted by molar-refractivity contribution is 6.03. The zero-order valence-electron chi connectivity index (χ0n) is 7.88. The van der Waals surface area contributed by atoms with Crippen LogP contribution in [0.25, 0.3) is 10.9 Å². The van der Waals surface area contributed by atoms with E-state index >= 15 is 0 Å². The van der Waals surface area contributed by atoms with Crippen LogP contribution in [0.4, 0.5) is 5.69 Å². The van der Waals surface area contributed by atoms with Gasteiger partial charge in [0.2, 0.25) is 0 Å². The molecule has 0 amide bonds. The fourth-order valence-corrected chi connectivity index (χ4v) is 1.62. The minimum absolute atomic E-state index is 0.811. The third kappa shape index (κ3) is 1.26. The van der Waals surface area contributed by atoms with Gasteiger partial charge in [0.15, 0.2) is 0 Å². The second-order valence-corrected chi connectivity index (χ2v) is 3.22. The minimum atomic E-state index is 0.811. The number of fused-ring (bicyclic) bond motifs is 3. The summed E-state index contributed by atoms with van der Waals surface area (Å²) < 4.78 is 0. The Morgan fingerprint density at radius 3 is 3.07 bits per heavy atom. The zero-order valence-corrected chi connectivity index (χ0v) is 7.88. The summed E-state index contributed by atoms with van der Waals surface area (Å²) in [4.78, 5) is 12.6. The third-order valence-corrected chi connectivity index (χ3v) is 2.32. The lowest BCUT2D eigenvalue weighted by Crippen LogP contribution is -1.87. The SMILES string of the molecule is C1=CN=Cc2c(cnc3ccccc23)N=1. The van der Waals surface area contributed by atoms with Gasteiger partial charge in [0.25, 0.3) is 0 Å². The summed E-state index contributed by atoms with van der Waals surface area (Å²) >= 11 is 0. The van der Waals surface area contributed by atoms with E-state index in [0.717, 1.165) is 22.2 Å². The van der Waals surface area contributed by atoms with Crippen molar-refractivity contribution in [2.24, 2.45) is 9.98 Å². The van der Waals surface area contributed by atoms with Gasteiger partial charge in [0, 0.05) is 23.0 Å². The van der Waals surface area contributed by atoms with Crippen molar-refractivity contribution in [3.8, 4) is 0 Å². The summed E-state index contributed by atoms with van der Waals surface area (Å²) in [7, 11) is 0. The van der Waals surface area contributed by atoms with Crippen LogP contribution >= 0.6 is 0 Å². The van der Waals surface area contributed by atoms with Gasteiger partial charge in [0.1, 0.15) is 5.69 Å². The Hall–Kier alpha value is -2.25. The predicted octanol–water partition coefficient (Wildman–Crippen LogP) is 2.48. The van der Waals surface area contributed by atoms with Gasteiger partial charge in [-0.15, -0.1) is 0 Å². The number of nitrogens with zero attached hydrogens (tertiary/aromatic N) is 3. The fourth-order valence-electron chi connectivity index (χ4n) is 1.62. The maximum absolute atomic E-state index is 4.33. The van der Waals surface area contributed by atoms with E-state index in [0.29, 0.717) is 0 Å². The van der Waals surface area contributed by atoms with Gasteiger partial charge in [-0.1, -0.05) is 18.2 Å². The van der Waals surface area contributed by atoms with Gasteiger partial charge in [-0.05, 0) is 6.07 Å². The second kappa shape index (κ2) is 3.15. The highest BCUT2D eigenvalue weighted by Gasteiger charge is 2.06. The van der Waals surface area contributed by atoms with Crippen molar-refractivity contribution in [3.63, 3.8) is 0 Å². The second-order valence-electron chi connectivity index (χ2n) is 3.22. The Labute approximate surface area is 86.5 Å². The summed E-state index contributed by atoms with van der Waals surface area (Å²) in [5, 5.41) is 1.07. The number of aromatic nitrogens is 1. The van der Waals surface area contributed by atoms with E-state index in [9.17, 15) is 0 Å². The summed E-state index contributed by atoms with van der Waals surface area (Å²) in [6.07, 6.45) is 5.09. The van der Waals surface area contributed by atoms with Crippen LogP contribution in [-0.2, 0) is 0 Å². The summed E-state index contributed by atoms with van der Waals surface area (Å²) in [5.74, 6) is 2.73. The van der Waals surface area contributed by atoms with Gasteiger partial charge < -0.3 is 0 Å². The van der Waals surface area contributed by atoms with Crippen LogP contribution in [-0.4, -0.2) is 17.1 Å². The average molecular weight is 193 g/mol. The Bertz CT molecular complexity index is 620. The number of aliphatic imine (C=N–C) groups is 2. The lowest BCUT2D eigenvalue weighted by molar-refractivity contribution is 1.38. The molecule has 3 rings (SSSR count). The van der Waals surface area contributed by atoms with Crippen molar-refractivity contribution in [1.29, 1.82) is 0 Å². The molecule has 0 saturated heterocycles. The molecule has 1 aromatic heterocycles. The molecule has 3 heteroatoms. The maximum Gasteiger partial charge on any atom is 0.101 e. The zero-order chi connectivity index (χ0) is 10.1. The van der Waals surface area contributed by atoms with Crippen LogP contribution in [0.15, 0.2) is 46.6 Å². The fraction of sp³-hybridized carbons (Fsp3) is 0. The van der Waals surface area contributed by atoms with E-state index in [4.69, 9.17) is 0 Å².